The van der Waals surface area contributed by atoms with Gasteiger partial charge in [0.05, 0.1) is 6.04 Å². The van der Waals surface area contributed by atoms with Gasteiger partial charge in [0.2, 0.25) is 0 Å². The van der Waals surface area contributed by atoms with Crippen molar-refractivity contribution in [2.45, 2.75) is 46.6 Å². The van der Waals surface area contributed by atoms with Crippen molar-refractivity contribution in [3.8, 4) is 11.4 Å². The van der Waals surface area contributed by atoms with Crippen LogP contribution < -0.4 is 5.73 Å². The SMILES string of the molecule is CCC(CC)n1nnnc1-c1cc(N)c(C)cc1C. The molecule has 5 heteroatoms. The molecule has 1 aromatic carbocycles. The van der Waals surface area contributed by atoms with Crippen molar-refractivity contribution in [3.05, 3.63) is 23.3 Å². The molecular formula is C14H21N5. The van der Waals surface area contributed by atoms with E-state index in [1.807, 2.05) is 17.7 Å². The van der Waals surface area contributed by atoms with Gasteiger partial charge < -0.3 is 5.73 Å². The van der Waals surface area contributed by atoms with E-state index in [2.05, 4.69) is 42.4 Å². The molecule has 1 aromatic heterocycles. The molecule has 0 aliphatic carbocycles. The van der Waals surface area contributed by atoms with Gasteiger partial charge in [-0.15, -0.1) is 5.10 Å². The van der Waals surface area contributed by atoms with Gasteiger partial charge in [-0.25, -0.2) is 4.68 Å². The standard InChI is InChI=1S/C14H21N5/c1-5-11(6-2)19-14(16-17-18-19)12-8-13(15)10(4)7-9(12)3/h7-8,11H,5-6,15H2,1-4H3. The highest BCUT2D eigenvalue weighted by molar-refractivity contribution is 5.67. The summed E-state index contributed by atoms with van der Waals surface area (Å²) in [6.45, 7) is 8.37. The highest BCUT2D eigenvalue weighted by atomic mass is 15.5. The summed E-state index contributed by atoms with van der Waals surface area (Å²) in [4.78, 5) is 0. The number of nitrogens with zero attached hydrogens (tertiary/aromatic N) is 4. The van der Waals surface area contributed by atoms with Gasteiger partial charge in [0.25, 0.3) is 0 Å². The predicted molar refractivity (Wildman–Crippen MR) is 76.8 cm³/mol. The van der Waals surface area contributed by atoms with Crippen LogP contribution in [-0.4, -0.2) is 20.2 Å². The van der Waals surface area contributed by atoms with Gasteiger partial charge in [-0.05, 0) is 54.3 Å². The Labute approximate surface area is 113 Å². The lowest BCUT2D eigenvalue weighted by atomic mass is 10.0. The van der Waals surface area contributed by atoms with Crippen LogP contribution in [0.1, 0.15) is 43.9 Å². The first kappa shape index (κ1) is 13.5. The summed E-state index contributed by atoms with van der Waals surface area (Å²) in [6, 6.07) is 4.37. The van der Waals surface area contributed by atoms with Gasteiger partial charge in [0.1, 0.15) is 0 Å². The first-order valence-corrected chi connectivity index (χ1v) is 6.73. The second-order valence-corrected chi connectivity index (χ2v) is 4.94. The van der Waals surface area contributed by atoms with E-state index in [0.717, 1.165) is 41.0 Å². The largest absolute Gasteiger partial charge is 0.398 e. The fourth-order valence-electron chi connectivity index (χ4n) is 2.36. The van der Waals surface area contributed by atoms with Gasteiger partial charge in [-0.1, -0.05) is 19.9 Å². The minimum atomic E-state index is 0.326. The number of aryl methyl sites for hydroxylation is 2. The predicted octanol–water partition coefficient (Wildman–Crippen LogP) is 2.90. The van der Waals surface area contributed by atoms with Crippen molar-refractivity contribution in [1.29, 1.82) is 0 Å². The average molecular weight is 259 g/mol. The van der Waals surface area contributed by atoms with Crippen LogP contribution in [0.3, 0.4) is 0 Å². The summed E-state index contributed by atoms with van der Waals surface area (Å²) >= 11 is 0. The van der Waals surface area contributed by atoms with E-state index in [-0.39, 0.29) is 0 Å². The maximum Gasteiger partial charge on any atom is 0.182 e. The second-order valence-electron chi connectivity index (χ2n) is 4.94. The van der Waals surface area contributed by atoms with E-state index in [0.29, 0.717) is 6.04 Å². The Morgan fingerprint density at radius 1 is 1.16 bits per heavy atom. The summed E-state index contributed by atoms with van der Waals surface area (Å²) in [5.74, 6) is 0.804. The van der Waals surface area contributed by atoms with Crippen molar-refractivity contribution in [2.24, 2.45) is 0 Å². The third kappa shape index (κ3) is 2.45. The summed E-state index contributed by atoms with van der Waals surface area (Å²) in [5, 5.41) is 12.2. The van der Waals surface area contributed by atoms with Crippen LogP contribution in [0.25, 0.3) is 11.4 Å². The number of anilines is 1. The van der Waals surface area contributed by atoms with Crippen LogP contribution >= 0.6 is 0 Å². The van der Waals surface area contributed by atoms with Crippen molar-refractivity contribution >= 4 is 5.69 Å². The Hall–Kier alpha value is -1.91. The average Bonchev–Trinajstić information content (AvgIpc) is 2.84. The molecule has 0 saturated heterocycles. The normalized spacial score (nSPS) is 11.2. The van der Waals surface area contributed by atoms with E-state index in [1.54, 1.807) is 0 Å². The summed E-state index contributed by atoms with van der Waals surface area (Å²) < 4.78 is 1.91. The highest BCUT2D eigenvalue weighted by Crippen LogP contribution is 2.28. The Kier molecular flexibility index (Phi) is 3.83. The zero-order valence-electron chi connectivity index (χ0n) is 12.0. The molecule has 0 atom stereocenters. The number of hydrogen-bond donors (Lipinski definition) is 1. The molecule has 0 bridgehead atoms. The minimum Gasteiger partial charge on any atom is -0.398 e. The van der Waals surface area contributed by atoms with Crippen molar-refractivity contribution < 1.29 is 0 Å². The minimum absolute atomic E-state index is 0.326. The zero-order chi connectivity index (χ0) is 14.0. The Bertz CT molecular complexity index is 569. The molecule has 0 saturated carbocycles. The molecule has 0 amide bonds. The smallest absolute Gasteiger partial charge is 0.182 e. The Balaban J connectivity index is 2.54. The number of aromatic nitrogens is 4. The number of nitrogens with two attached hydrogens (primary N) is 1. The first-order valence-electron chi connectivity index (χ1n) is 6.73. The molecule has 19 heavy (non-hydrogen) atoms. The topological polar surface area (TPSA) is 69.6 Å². The molecule has 0 fully saturated rings. The quantitative estimate of drug-likeness (QED) is 0.857. The summed E-state index contributed by atoms with van der Waals surface area (Å²) in [6.07, 6.45) is 2.02. The number of rotatable bonds is 4. The molecule has 0 radical (unpaired) electrons. The molecule has 2 rings (SSSR count). The number of hydrogen-bond acceptors (Lipinski definition) is 4. The monoisotopic (exact) mass is 259 g/mol. The molecule has 0 aliphatic rings. The van der Waals surface area contributed by atoms with Crippen LogP contribution in [0.2, 0.25) is 0 Å². The van der Waals surface area contributed by atoms with Gasteiger partial charge in [0, 0.05) is 11.3 Å². The molecular weight excluding hydrogens is 238 g/mol. The molecule has 0 spiro atoms. The van der Waals surface area contributed by atoms with E-state index in [4.69, 9.17) is 5.73 Å². The number of nitrogen functional groups attached to an aromatic ring is 1. The molecule has 102 valence electrons. The fraction of sp³-hybridized carbons (Fsp3) is 0.500. The van der Waals surface area contributed by atoms with Crippen LogP contribution in [0, 0.1) is 13.8 Å². The summed E-state index contributed by atoms with van der Waals surface area (Å²) in [5.41, 5.74) is 10.0. The lowest BCUT2D eigenvalue weighted by Gasteiger charge is -2.15. The van der Waals surface area contributed by atoms with Crippen LogP contribution in [0.15, 0.2) is 12.1 Å². The van der Waals surface area contributed by atoms with Gasteiger partial charge in [-0.3, -0.25) is 0 Å². The lowest BCUT2D eigenvalue weighted by Crippen LogP contribution is -2.11. The third-order valence-corrected chi connectivity index (χ3v) is 3.64. The van der Waals surface area contributed by atoms with Crippen molar-refractivity contribution in [1.82, 2.24) is 20.2 Å². The maximum atomic E-state index is 6.01. The highest BCUT2D eigenvalue weighted by Gasteiger charge is 2.17. The first-order chi connectivity index (χ1) is 9.08. The van der Waals surface area contributed by atoms with Gasteiger partial charge in [0.15, 0.2) is 5.82 Å². The molecule has 5 nitrogen and oxygen atoms in total. The second kappa shape index (κ2) is 5.38. The Morgan fingerprint density at radius 2 is 1.84 bits per heavy atom. The zero-order valence-corrected chi connectivity index (χ0v) is 12.0. The lowest BCUT2D eigenvalue weighted by molar-refractivity contribution is 0.422. The van der Waals surface area contributed by atoms with Gasteiger partial charge in [-0.2, -0.15) is 0 Å². The van der Waals surface area contributed by atoms with Crippen LogP contribution in [0.4, 0.5) is 5.69 Å². The molecule has 1 heterocycles. The Morgan fingerprint density at radius 3 is 2.47 bits per heavy atom. The van der Waals surface area contributed by atoms with Crippen molar-refractivity contribution in [3.63, 3.8) is 0 Å². The third-order valence-electron chi connectivity index (χ3n) is 3.64. The summed E-state index contributed by atoms with van der Waals surface area (Å²) in [7, 11) is 0. The van der Waals surface area contributed by atoms with Crippen molar-refractivity contribution in [2.75, 3.05) is 5.73 Å². The number of tetrazole rings is 1. The fourth-order valence-corrected chi connectivity index (χ4v) is 2.36. The molecule has 2 N–H and O–H groups in total. The van der Waals surface area contributed by atoms with E-state index in [1.165, 1.54) is 0 Å². The van der Waals surface area contributed by atoms with Gasteiger partial charge >= 0.3 is 0 Å². The molecule has 0 aliphatic heterocycles. The van der Waals surface area contributed by atoms with E-state index >= 15 is 0 Å². The van der Waals surface area contributed by atoms with E-state index in [9.17, 15) is 0 Å². The molecule has 2 aromatic rings. The number of benzene rings is 1. The molecule has 0 unspecified atom stereocenters. The maximum absolute atomic E-state index is 6.01. The van der Waals surface area contributed by atoms with Crippen LogP contribution in [-0.2, 0) is 0 Å². The van der Waals surface area contributed by atoms with E-state index < -0.39 is 0 Å². The van der Waals surface area contributed by atoms with Crippen LogP contribution in [0.5, 0.6) is 0 Å².